The van der Waals surface area contributed by atoms with Crippen LogP contribution in [0.1, 0.15) is 38.8 Å². The molecule has 2 amide bonds. The number of nitrogens with one attached hydrogen (secondary N) is 2. The van der Waals surface area contributed by atoms with Gasteiger partial charge in [-0.15, -0.1) is 0 Å². The first-order chi connectivity index (χ1) is 17.5. The van der Waals surface area contributed by atoms with Crippen molar-refractivity contribution in [1.29, 1.82) is 0 Å². The van der Waals surface area contributed by atoms with E-state index in [2.05, 4.69) is 54.0 Å². The minimum absolute atomic E-state index is 0.513. The Hall–Kier alpha value is -3.84. The van der Waals surface area contributed by atoms with E-state index in [0.29, 0.717) is 18.0 Å². The van der Waals surface area contributed by atoms with Gasteiger partial charge in [-0.1, -0.05) is 48.5 Å². The number of alkyl carbamates (subject to hydrolysis) is 1. The van der Waals surface area contributed by atoms with E-state index in [1.165, 1.54) is 29.2 Å². The average molecular weight is 505 g/mol. The number of hydrogen-bond acceptors (Lipinski definition) is 5. The lowest BCUT2D eigenvalue weighted by molar-refractivity contribution is -0.120. The maximum absolute atomic E-state index is 12.6. The lowest BCUT2D eigenvalue weighted by Crippen LogP contribution is -2.51. The number of carbonyl (C=O) groups excluding carboxylic acids is 2. The zero-order chi connectivity index (χ0) is 27.0. The van der Waals surface area contributed by atoms with E-state index in [0.717, 1.165) is 6.42 Å². The summed E-state index contributed by atoms with van der Waals surface area (Å²) < 4.78 is 11.0. The van der Waals surface area contributed by atoms with E-state index < -0.39 is 29.7 Å². The molecule has 0 radical (unpaired) electrons. The van der Waals surface area contributed by atoms with Crippen LogP contribution in [-0.2, 0) is 16.0 Å². The molecule has 2 atom stereocenters. The Morgan fingerprint density at radius 3 is 2.19 bits per heavy atom. The third-order valence-corrected chi connectivity index (χ3v) is 5.63. The topological polar surface area (TPSA) is 96.9 Å². The normalized spacial score (nSPS) is 12.8. The summed E-state index contributed by atoms with van der Waals surface area (Å²) in [7, 11) is 0. The number of hydrogen-bond donors (Lipinski definition) is 3. The van der Waals surface area contributed by atoms with Gasteiger partial charge in [0, 0.05) is 12.1 Å². The molecule has 0 fully saturated rings. The quantitative estimate of drug-likeness (QED) is 0.358. The van der Waals surface area contributed by atoms with E-state index >= 15 is 0 Å². The fraction of sp³-hybridized carbons (Fsp3) is 0.333. The van der Waals surface area contributed by atoms with Crippen LogP contribution in [-0.4, -0.2) is 41.5 Å². The number of aryl methyl sites for hydroxylation is 1. The third kappa shape index (κ3) is 8.65. The summed E-state index contributed by atoms with van der Waals surface area (Å²) in [6.07, 6.45) is -1.12. The van der Waals surface area contributed by atoms with Crippen molar-refractivity contribution in [1.82, 2.24) is 5.32 Å². The molecule has 37 heavy (non-hydrogen) atoms. The molecule has 0 saturated carbocycles. The molecule has 0 aromatic heterocycles. The fourth-order valence-corrected chi connectivity index (χ4v) is 3.73. The number of carbonyl (C=O) groups is 2. The van der Waals surface area contributed by atoms with Gasteiger partial charge in [-0.3, -0.25) is 4.79 Å². The second-order valence-electron chi connectivity index (χ2n) is 9.99. The van der Waals surface area contributed by atoms with Crippen LogP contribution in [0.3, 0.4) is 0 Å². The van der Waals surface area contributed by atoms with E-state index in [-0.39, 0.29) is 0 Å². The SMILES string of the molecule is Cc1ccccc1-c1ccc(CCOc2ccc(NC(=O)C(NC(=O)OC(C)(C)C)C(C)O)cc2)cc1. The van der Waals surface area contributed by atoms with Crippen molar-refractivity contribution in [3.63, 3.8) is 0 Å². The molecule has 0 aliphatic carbocycles. The predicted octanol–water partition coefficient (Wildman–Crippen LogP) is 5.50. The van der Waals surface area contributed by atoms with Crippen LogP contribution >= 0.6 is 0 Å². The van der Waals surface area contributed by atoms with Gasteiger partial charge in [-0.2, -0.15) is 0 Å². The maximum Gasteiger partial charge on any atom is 0.408 e. The molecule has 0 bridgehead atoms. The summed E-state index contributed by atoms with van der Waals surface area (Å²) in [5, 5.41) is 15.1. The van der Waals surface area contributed by atoms with Crippen molar-refractivity contribution < 1.29 is 24.2 Å². The lowest BCUT2D eigenvalue weighted by atomic mass is 9.99. The van der Waals surface area contributed by atoms with E-state index in [1.54, 1.807) is 45.0 Å². The van der Waals surface area contributed by atoms with Crippen LogP contribution in [0.4, 0.5) is 10.5 Å². The molecule has 0 aliphatic rings. The Morgan fingerprint density at radius 2 is 1.59 bits per heavy atom. The Morgan fingerprint density at radius 1 is 0.946 bits per heavy atom. The van der Waals surface area contributed by atoms with Crippen LogP contribution < -0.4 is 15.4 Å². The first-order valence-corrected chi connectivity index (χ1v) is 12.4. The van der Waals surface area contributed by atoms with Crippen LogP contribution in [0.5, 0.6) is 5.75 Å². The highest BCUT2D eigenvalue weighted by Crippen LogP contribution is 2.23. The van der Waals surface area contributed by atoms with Gasteiger partial charge in [0.05, 0.1) is 12.7 Å². The number of rotatable bonds is 9. The summed E-state index contributed by atoms with van der Waals surface area (Å²) in [5.41, 5.74) is 4.66. The predicted molar refractivity (Wildman–Crippen MR) is 146 cm³/mol. The summed E-state index contributed by atoms with van der Waals surface area (Å²) in [5.74, 6) is 0.122. The number of anilines is 1. The molecule has 7 heteroatoms. The van der Waals surface area contributed by atoms with E-state index in [4.69, 9.17) is 9.47 Å². The minimum atomic E-state index is -1.16. The first kappa shape index (κ1) is 27.7. The highest BCUT2D eigenvalue weighted by molar-refractivity contribution is 5.97. The van der Waals surface area contributed by atoms with Crippen molar-refractivity contribution in [2.75, 3.05) is 11.9 Å². The van der Waals surface area contributed by atoms with Crippen molar-refractivity contribution in [2.24, 2.45) is 0 Å². The van der Waals surface area contributed by atoms with Gasteiger partial charge >= 0.3 is 6.09 Å². The van der Waals surface area contributed by atoms with Crippen molar-refractivity contribution in [3.05, 3.63) is 83.9 Å². The van der Waals surface area contributed by atoms with Gasteiger partial charge in [0.25, 0.3) is 0 Å². The van der Waals surface area contributed by atoms with Gasteiger partial charge < -0.3 is 25.2 Å². The molecule has 3 rings (SSSR count). The molecule has 0 heterocycles. The highest BCUT2D eigenvalue weighted by Gasteiger charge is 2.28. The van der Waals surface area contributed by atoms with E-state index in [9.17, 15) is 14.7 Å². The van der Waals surface area contributed by atoms with Gasteiger partial charge in [0.2, 0.25) is 5.91 Å². The summed E-state index contributed by atoms with van der Waals surface area (Å²) in [6.45, 7) is 9.20. The van der Waals surface area contributed by atoms with Crippen LogP contribution in [0.15, 0.2) is 72.8 Å². The van der Waals surface area contributed by atoms with Gasteiger partial charge in [-0.05, 0) is 81.1 Å². The highest BCUT2D eigenvalue weighted by atomic mass is 16.6. The molecule has 0 aliphatic heterocycles. The fourth-order valence-electron chi connectivity index (χ4n) is 3.73. The molecule has 3 N–H and O–H groups in total. The second kappa shape index (κ2) is 12.4. The zero-order valence-corrected chi connectivity index (χ0v) is 22.1. The summed E-state index contributed by atoms with van der Waals surface area (Å²) >= 11 is 0. The largest absolute Gasteiger partial charge is 0.493 e. The summed E-state index contributed by atoms with van der Waals surface area (Å²) in [6, 6.07) is 22.6. The Kier molecular flexibility index (Phi) is 9.31. The van der Waals surface area contributed by atoms with Gasteiger partial charge in [0.1, 0.15) is 17.4 Å². The van der Waals surface area contributed by atoms with Crippen LogP contribution in [0, 0.1) is 6.92 Å². The van der Waals surface area contributed by atoms with Crippen LogP contribution in [0.2, 0.25) is 0 Å². The monoisotopic (exact) mass is 504 g/mol. The molecular weight excluding hydrogens is 468 g/mol. The molecule has 3 aromatic rings. The first-order valence-electron chi connectivity index (χ1n) is 12.4. The number of amides is 2. The van der Waals surface area contributed by atoms with Crippen molar-refractivity contribution in [3.8, 4) is 16.9 Å². The van der Waals surface area contributed by atoms with Crippen molar-refractivity contribution >= 4 is 17.7 Å². The van der Waals surface area contributed by atoms with Crippen molar-refractivity contribution in [2.45, 2.75) is 58.8 Å². The summed E-state index contributed by atoms with van der Waals surface area (Å²) in [4.78, 5) is 24.7. The molecular formula is C30H36N2O5. The van der Waals surface area contributed by atoms with E-state index in [1.807, 2.05) is 12.1 Å². The van der Waals surface area contributed by atoms with Crippen LogP contribution in [0.25, 0.3) is 11.1 Å². The molecule has 3 aromatic carbocycles. The van der Waals surface area contributed by atoms with Gasteiger partial charge in [-0.25, -0.2) is 4.79 Å². The molecule has 0 saturated heterocycles. The maximum atomic E-state index is 12.6. The Labute approximate surface area is 218 Å². The second-order valence-corrected chi connectivity index (χ2v) is 9.99. The average Bonchev–Trinajstić information content (AvgIpc) is 2.83. The number of ether oxygens (including phenoxy) is 2. The standard InChI is InChI=1S/C30H36N2O5/c1-20-8-6-7-9-26(20)23-12-10-22(11-13-23)18-19-36-25-16-14-24(15-17-25)31-28(34)27(21(2)33)32-29(35)37-30(3,4)5/h6-17,21,27,33H,18-19H2,1-5H3,(H,31,34)(H,32,35). The molecule has 7 nitrogen and oxygen atoms in total. The number of aliphatic hydroxyl groups excluding tert-OH is 1. The Balaban J connectivity index is 1.49. The number of benzene rings is 3. The minimum Gasteiger partial charge on any atom is -0.493 e. The smallest absolute Gasteiger partial charge is 0.408 e. The molecule has 0 spiro atoms. The Bertz CT molecular complexity index is 1180. The number of aliphatic hydroxyl groups is 1. The molecule has 2 unspecified atom stereocenters. The zero-order valence-electron chi connectivity index (χ0n) is 22.1. The van der Waals surface area contributed by atoms with Gasteiger partial charge in [0.15, 0.2) is 0 Å². The molecule has 196 valence electrons. The lowest BCUT2D eigenvalue weighted by Gasteiger charge is -2.24. The third-order valence-electron chi connectivity index (χ3n) is 5.63.